The summed E-state index contributed by atoms with van der Waals surface area (Å²) in [7, 11) is 2.93. The van der Waals surface area contributed by atoms with Crippen LogP contribution in [0.2, 0.25) is 0 Å². The number of rotatable bonds is 3. The Morgan fingerprint density at radius 2 is 1.79 bits per heavy atom. The first kappa shape index (κ1) is 10.4. The molecule has 0 fully saturated rings. The summed E-state index contributed by atoms with van der Waals surface area (Å²) >= 11 is 0. The molecule has 1 radical (unpaired) electrons. The monoisotopic (exact) mass is 195 g/mol. The van der Waals surface area contributed by atoms with Crippen LogP contribution in [0.1, 0.15) is 15.9 Å². The third-order valence-corrected chi connectivity index (χ3v) is 1.84. The minimum atomic E-state index is -1.03. The number of benzene rings is 1. The van der Waals surface area contributed by atoms with E-state index in [1.54, 1.807) is 0 Å². The Hall–Kier alpha value is -1.71. The van der Waals surface area contributed by atoms with Gasteiger partial charge in [0.2, 0.25) is 0 Å². The molecular formula is C10H11O4. The highest BCUT2D eigenvalue weighted by molar-refractivity contribution is 5.90. The van der Waals surface area contributed by atoms with Gasteiger partial charge >= 0.3 is 5.97 Å². The van der Waals surface area contributed by atoms with E-state index in [1.807, 2.05) is 0 Å². The second-order valence-electron chi connectivity index (χ2n) is 2.67. The second-order valence-corrected chi connectivity index (χ2v) is 2.67. The summed E-state index contributed by atoms with van der Waals surface area (Å²) in [5, 5.41) is 8.81. The maximum Gasteiger partial charge on any atom is 0.336 e. The number of hydrogen-bond acceptors (Lipinski definition) is 3. The van der Waals surface area contributed by atoms with E-state index in [9.17, 15) is 4.79 Å². The fourth-order valence-corrected chi connectivity index (χ4v) is 1.12. The fraction of sp³-hybridized carbons (Fsp3) is 0.200. The summed E-state index contributed by atoms with van der Waals surface area (Å²) in [6.07, 6.45) is 0. The number of ether oxygens (including phenoxy) is 2. The van der Waals surface area contributed by atoms with Gasteiger partial charge in [-0.2, -0.15) is 0 Å². The Labute approximate surface area is 82.1 Å². The van der Waals surface area contributed by atoms with E-state index in [0.717, 1.165) is 0 Å². The molecule has 0 bridgehead atoms. The molecule has 0 heterocycles. The van der Waals surface area contributed by atoms with Crippen molar-refractivity contribution in [3.63, 3.8) is 0 Å². The molecule has 0 amide bonds. The molecule has 14 heavy (non-hydrogen) atoms. The van der Waals surface area contributed by atoms with Gasteiger partial charge in [-0.1, -0.05) is 0 Å². The lowest BCUT2D eigenvalue weighted by atomic mass is 10.1. The van der Waals surface area contributed by atoms with Gasteiger partial charge in [0.15, 0.2) is 11.5 Å². The van der Waals surface area contributed by atoms with E-state index in [-0.39, 0.29) is 5.56 Å². The van der Waals surface area contributed by atoms with Gasteiger partial charge in [-0.05, 0) is 24.6 Å². The van der Waals surface area contributed by atoms with Crippen molar-refractivity contribution in [1.82, 2.24) is 0 Å². The number of carbonyl (C=O) groups is 1. The molecule has 1 N–H and O–H groups in total. The molecule has 4 nitrogen and oxygen atoms in total. The predicted molar refractivity (Wildman–Crippen MR) is 51.0 cm³/mol. The summed E-state index contributed by atoms with van der Waals surface area (Å²) < 4.78 is 9.96. The fourth-order valence-electron chi connectivity index (χ4n) is 1.12. The van der Waals surface area contributed by atoms with E-state index < -0.39 is 5.97 Å². The van der Waals surface area contributed by atoms with Crippen molar-refractivity contribution in [3.05, 3.63) is 30.2 Å². The van der Waals surface area contributed by atoms with Crippen molar-refractivity contribution in [2.75, 3.05) is 14.2 Å². The molecule has 1 aromatic carbocycles. The summed E-state index contributed by atoms with van der Waals surface area (Å²) in [4.78, 5) is 10.8. The van der Waals surface area contributed by atoms with Crippen molar-refractivity contribution in [2.24, 2.45) is 0 Å². The normalized spacial score (nSPS) is 9.64. The molecule has 0 saturated heterocycles. The predicted octanol–water partition coefficient (Wildman–Crippen LogP) is 1.58. The molecule has 0 aliphatic carbocycles. The maximum absolute atomic E-state index is 10.8. The van der Waals surface area contributed by atoms with Gasteiger partial charge < -0.3 is 14.6 Å². The van der Waals surface area contributed by atoms with Crippen LogP contribution in [-0.2, 0) is 0 Å². The number of aromatic carboxylic acids is 1. The molecule has 75 valence electrons. The van der Waals surface area contributed by atoms with Crippen LogP contribution in [0, 0.1) is 6.92 Å². The first-order chi connectivity index (χ1) is 6.60. The van der Waals surface area contributed by atoms with Crippen LogP contribution in [0.15, 0.2) is 12.1 Å². The zero-order valence-corrected chi connectivity index (χ0v) is 8.03. The molecule has 0 saturated carbocycles. The number of methoxy groups -OCH3 is 2. The van der Waals surface area contributed by atoms with E-state index in [2.05, 4.69) is 6.92 Å². The molecule has 1 aromatic rings. The van der Waals surface area contributed by atoms with Crippen molar-refractivity contribution in [3.8, 4) is 11.5 Å². The largest absolute Gasteiger partial charge is 0.493 e. The lowest BCUT2D eigenvalue weighted by molar-refractivity contribution is 0.0696. The number of carboxylic acids is 1. The lowest BCUT2D eigenvalue weighted by Crippen LogP contribution is -2.01. The summed E-state index contributed by atoms with van der Waals surface area (Å²) in [5.74, 6) is -0.171. The van der Waals surface area contributed by atoms with Crippen molar-refractivity contribution in [2.45, 2.75) is 0 Å². The van der Waals surface area contributed by atoms with Crippen LogP contribution in [0.5, 0.6) is 11.5 Å². The van der Waals surface area contributed by atoms with Crippen LogP contribution in [-0.4, -0.2) is 25.3 Å². The van der Waals surface area contributed by atoms with E-state index in [0.29, 0.717) is 17.1 Å². The van der Waals surface area contributed by atoms with Crippen LogP contribution in [0.4, 0.5) is 0 Å². The van der Waals surface area contributed by atoms with Gasteiger partial charge in [-0.25, -0.2) is 4.79 Å². The summed E-state index contributed by atoms with van der Waals surface area (Å²) in [6, 6.07) is 2.92. The Morgan fingerprint density at radius 3 is 2.21 bits per heavy atom. The van der Waals surface area contributed by atoms with Crippen molar-refractivity contribution < 1.29 is 19.4 Å². The van der Waals surface area contributed by atoms with Crippen LogP contribution >= 0.6 is 0 Å². The third kappa shape index (κ3) is 1.79. The Bertz CT molecular complexity index is 357. The highest BCUT2D eigenvalue weighted by Gasteiger charge is 2.12. The summed E-state index contributed by atoms with van der Waals surface area (Å²) in [6.45, 7) is 3.61. The number of carboxylic acid groups (broad SMARTS) is 1. The van der Waals surface area contributed by atoms with E-state index in [1.165, 1.54) is 26.4 Å². The molecule has 0 spiro atoms. The quantitative estimate of drug-likeness (QED) is 0.795. The number of hydrogen-bond donors (Lipinski definition) is 1. The van der Waals surface area contributed by atoms with Gasteiger partial charge in [0.25, 0.3) is 0 Å². The second kappa shape index (κ2) is 4.00. The molecule has 0 unspecified atom stereocenters. The summed E-state index contributed by atoms with van der Waals surface area (Å²) in [5.41, 5.74) is 0.512. The lowest BCUT2D eigenvalue weighted by Gasteiger charge is -2.09. The Balaban J connectivity index is 3.30. The Kier molecular flexibility index (Phi) is 2.96. The van der Waals surface area contributed by atoms with Crippen molar-refractivity contribution >= 4 is 5.97 Å². The Morgan fingerprint density at radius 1 is 1.29 bits per heavy atom. The average molecular weight is 195 g/mol. The van der Waals surface area contributed by atoms with E-state index in [4.69, 9.17) is 14.6 Å². The minimum Gasteiger partial charge on any atom is -0.493 e. The highest BCUT2D eigenvalue weighted by Crippen LogP contribution is 2.30. The minimum absolute atomic E-state index is 0.114. The topological polar surface area (TPSA) is 55.8 Å². The van der Waals surface area contributed by atoms with E-state index >= 15 is 0 Å². The van der Waals surface area contributed by atoms with Gasteiger partial charge in [-0.3, -0.25) is 0 Å². The molecule has 0 atom stereocenters. The van der Waals surface area contributed by atoms with Gasteiger partial charge in [0.1, 0.15) is 0 Å². The standard InChI is InChI=1S/C10H11O4/c1-6-4-8(13-2)9(14-3)5-7(6)10(11)12/h4-5H,1H2,2-3H3,(H,11,12). The van der Waals surface area contributed by atoms with Crippen LogP contribution in [0.25, 0.3) is 0 Å². The van der Waals surface area contributed by atoms with Gasteiger partial charge in [0, 0.05) is 0 Å². The molecule has 1 rings (SSSR count). The zero-order chi connectivity index (χ0) is 10.7. The van der Waals surface area contributed by atoms with Crippen LogP contribution in [0.3, 0.4) is 0 Å². The SMILES string of the molecule is [CH2]c1cc(OC)c(OC)cc1C(=O)O. The van der Waals surface area contributed by atoms with Gasteiger partial charge in [-0.15, -0.1) is 0 Å². The van der Waals surface area contributed by atoms with Gasteiger partial charge in [0.05, 0.1) is 19.8 Å². The third-order valence-electron chi connectivity index (χ3n) is 1.84. The molecular weight excluding hydrogens is 184 g/mol. The molecule has 0 aliphatic rings. The smallest absolute Gasteiger partial charge is 0.336 e. The first-order valence-electron chi connectivity index (χ1n) is 3.91. The molecule has 0 aliphatic heterocycles. The highest BCUT2D eigenvalue weighted by atomic mass is 16.5. The zero-order valence-electron chi connectivity index (χ0n) is 8.03. The van der Waals surface area contributed by atoms with Crippen molar-refractivity contribution in [1.29, 1.82) is 0 Å². The molecule has 0 aromatic heterocycles. The average Bonchev–Trinajstić information content (AvgIpc) is 2.16. The molecule has 4 heteroatoms. The van der Waals surface area contributed by atoms with Crippen LogP contribution < -0.4 is 9.47 Å². The maximum atomic E-state index is 10.8. The first-order valence-corrected chi connectivity index (χ1v) is 3.91.